The molecule has 0 aromatic carbocycles. The van der Waals surface area contributed by atoms with Crippen molar-refractivity contribution in [2.45, 2.75) is 32.1 Å². The number of urea groups is 1. The van der Waals surface area contributed by atoms with Crippen LogP contribution in [0.15, 0.2) is 4.99 Å². The van der Waals surface area contributed by atoms with Gasteiger partial charge < -0.3 is 5.32 Å². The van der Waals surface area contributed by atoms with Crippen LogP contribution in [0.25, 0.3) is 0 Å². The molecule has 0 bridgehead atoms. The fraction of sp³-hybridized carbons (Fsp3) is 0.750. The predicted molar refractivity (Wildman–Crippen MR) is 77.3 cm³/mol. The van der Waals surface area contributed by atoms with E-state index >= 15 is 0 Å². The predicted octanol–water partition coefficient (Wildman–Crippen LogP) is 0.452. The van der Waals surface area contributed by atoms with E-state index in [1.165, 1.54) is 6.08 Å². The quantitative estimate of drug-likeness (QED) is 0.197. The van der Waals surface area contributed by atoms with Gasteiger partial charge in [0.25, 0.3) is 0 Å². The normalized spacial score (nSPS) is 9.53. The largest absolute Gasteiger partial charge is 0.338 e. The van der Waals surface area contributed by atoms with Gasteiger partial charge in [-0.3, -0.25) is 9.69 Å². The fourth-order valence-electron chi connectivity index (χ4n) is 1.46. The molecule has 0 rings (SSSR count). The van der Waals surface area contributed by atoms with Gasteiger partial charge in [0.15, 0.2) is 0 Å². The minimum Gasteiger partial charge on any atom is -0.338 e. The average Bonchev–Trinajstić information content (AvgIpc) is 2.42. The van der Waals surface area contributed by atoms with Crippen LogP contribution >= 0.6 is 0 Å². The number of hydrogen-bond acceptors (Lipinski definition) is 4. The molecule has 19 heavy (non-hydrogen) atoms. The van der Waals surface area contributed by atoms with Crippen LogP contribution in [0.4, 0.5) is 4.79 Å². The zero-order valence-corrected chi connectivity index (χ0v) is 12.1. The first-order valence-electron chi connectivity index (χ1n) is 6.44. The van der Waals surface area contributed by atoms with E-state index in [2.05, 4.69) is 22.9 Å². The van der Waals surface area contributed by atoms with Gasteiger partial charge in [0.2, 0.25) is 12.5 Å². The highest BCUT2D eigenvalue weighted by molar-refractivity contribution is 7.58. The Morgan fingerprint density at radius 3 is 2.63 bits per heavy atom. The van der Waals surface area contributed by atoms with Gasteiger partial charge in [-0.25, -0.2) is 14.6 Å². The number of rotatable bonds is 11. The third-order valence-corrected chi connectivity index (χ3v) is 2.85. The lowest BCUT2D eigenvalue weighted by molar-refractivity contribution is -0.115. The van der Waals surface area contributed by atoms with Gasteiger partial charge in [0.05, 0.1) is 6.54 Å². The molecule has 0 spiro atoms. The SMILES string of the molecule is O=C=NCCCCCCNC(=O)N(C=O)CCC[SH2+]. The first-order chi connectivity index (χ1) is 9.26. The van der Waals surface area contributed by atoms with Crippen LogP contribution in [0.1, 0.15) is 32.1 Å². The lowest BCUT2D eigenvalue weighted by atomic mass is 10.2. The van der Waals surface area contributed by atoms with Gasteiger partial charge in [-0.05, 0) is 25.5 Å². The van der Waals surface area contributed by atoms with Gasteiger partial charge in [0, 0.05) is 19.5 Å². The summed E-state index contributed by atoms with van der Waals surface area (Å²) in [6.07, 6.45) is 6.40. The van der Waals surface area contributed by atoms with Crippen molar-refractivity contribution < 1.29 is 14.4 Å². The number of carbonyl (C=O) groups excluding carboxylic acids is 3. The molecule has 6 nitrogen and oxygen atoms in total. The van der Waals surface area contributed by atoms with Crippen molar-refractivity contribution in [3.8, 4) is 0 Å². The molecule has 7 heteroatoms. The van der Waals surface area contributed by atoms with Crippen molar-refractivity contribution in [3.63, 3.8) is 0 Å². The summed E-state index contributed by atoms with van der Waals surface area (Å²) in [7, 11) is 0. The van der Waals surface area contributed by atoms with Crippen LogP contribution in [0, 0.1) is 0 Å². The third kappa shape index (κ3) is 10.3. The topological polar surface area (TPSA) is 78.8 Å². The van der Waals surface area contributed by atoms with Crippen molar-refractivity contribution in [3.05, 3.63) is 0 Å². The molecule has 0 saturated carbocycles. The monoisotopic (exact) mass is 288 g/mol. The molecule has 0 fully saturated rings. The summed E-state index contributed by atoms with van der Waals surface area (Å²) in [4.78, 5) is 36.7. The van der Waals surface area contributed by atoms with Crippen molar-refractivity contribution in [1.82, 2.24) is 10.2 Å². The molecule has 0 aromatic rings. The van der Waals surface area contributed by atoms with E-state index < -0.39 is 0 Å². The lowest BCUT2D eigenvalue weighted by Crippen LogP contribution is -2.40. The Morgan fingerprint density at radius 1 is 1.26 bits per heavy atom. The molecule has 0 aromatic heterocycles. The number of hydrogen-bond donors (Lipinski definition) is 1. The Labute approximate surface area is 119 Å². The van der Waals surface area contributed by atoms with E-state index in [0.717, 1.165) is 42.8 Å². The molecular weight excluding hydrogens is 266 g/mol. The fourth-order valence-corrected chi connectivity index (χ4v) is 1.62. The molecular formula is C12H22N3O3S+. The summed E-state index contributed by atoms with van der Waals surface area (Å²) in [6.45, 7) is 1.48. The van der Waals surface area contributed by atoms with Crippen molar-refractivity contribution in [1.29, 1.82) is 0 Å². The van der Waals surface area contributed by atoms with Gasteiger partial charge in [-0.1, -0.05) is 12.8 Å². The minimum atomic E-state index is -0.347. The van der Waals surface area contributed by atoms with E-state index in [0.29, 0.717) is 26.0 Å². The smallest absolute Gasteiger partial charge is 0.323 e. The van der Waals surface area contributed by atoms with E-state index in [1.54, 1.807) is 0 Å². The van der Waals surface area contributed by atoms with Crippen LogP contribution in [0.5, 0.6) is 0 Å². The van der Waals surface area contributed by atoms with Crippen LogP contribution in [0.2, 0.25) is 0 Å². The molecule has 3 amide bonds. The Bertz CT molecular complexity index is 307. The second-order valence-electron chi connectivity index (χ2n) is 4.02. The second kappa shape index (κ2) is 13.1. The van der Waals surface area contributed by atoms with Gasteiger partial charge in [0.1, 0.15) is 5.75 Å². The van der Waals surface area contributed by atoms with Crippen LogP contribution in [0.3, 0.4) is 0 Å². The molecule has 108 valence electrons. The molecule has 0 unspecified atom stereocenters. The first-order valence-corrected chi connectivity index (χ1v) is 7.15. The van der Waals surface area contributed by atoms with Crippen LogP contribution in [-0.4, -0.2) is 48.8 Å². The number of unbranched alkanes of at least 4 members (excludes halogenated alkanes) is 3. The maximum atomic E-state index is 11.6. The van der Waals surface area contributed by atoms with E-state index in [1.807, 2.05) is 0 Å². The molecule has 0 heterocycles. The van der Waals surface area contributed by atoms with Crippen molar-refractivity contribution in [2.75, 3.05) is 25.4 Å². The highest BCUT2D eigenvalue weighted by atomic mass is 32.1. The molecule has 0 atom stereocenters. The number of carbonyl (C=O) groups is 2. The van der Waals surface area contributed by atoms with Gasteiger partial charge in [-0.15, -0.1) is 0 Å². The summed E-state index contributed by atoms with van der Waals surface area (Å²) >= 11 is 3.30. The third-order valence-electron chi connectivity index (χ3n) is 2.50. The second-order valence-corrected chi connectivity index (χ2v) is 4.52. The first kappa shape index (κ1) is 17.7. The number of aliphatic imine (C=N–C) groups is 1. The highest BCUT2D eigenvalue weighted by Gasteiger charge is 2.10. The van der Waals surface area contributed by atoms with Crippen molar-refractivity contribution in [2.24, 2.45) is 4.99 Å². The summed E-state index contributed by atoms with van der Waals surface area (Å²) in [6, 6.07) is -0.347. The van der Waals surface area contributed by atoms with Crippen LogP contribution < -0.4 is 5.32 Å². The lowest BCUT2D eigenvalue weighted by Gasteiger charge is -2.15. The maximum Gasteiger partial charge on any atom is 0.323 e. The number of imide groups is 1. The minimum absolute atomic E-state index is 0.347. The molecule has 0 aliphatic heterocycles. The summed E-state index contributed by atoms with van der Waals surface area (Å²) in [5.41, 5.74) is 0. The Hall–Kier alpha value is -1.33. The Morgan fingerprint density at radius 2 is 2.00 bits per heavy atom. The molecule has 0 saturated heterocycles. The highest BCUT2D eigenvalue weighted by Crippen LogP contribution is 1.99. The van der Waals surface area contributed by atoms with Gasteiger partial charge >= 0.3 is 6.03 Å². The van der Waals surface area contributed by atoms with Crippen molar-refractivity contribution >= 4 is 31.1 Å². The van der Waals surface area contributed by atoms with E-state index in [-0.39, 0.29) is 6.03 Å². The standard InChI is InChI=1S/C12H21N3O3S/c16-10-13-6-3-1-2-4-7-14-12(18)15(11-17)8-5-9-19/h11,19H,1-9H2,(H,14,18)/p+1. The molecule has 0 radical (unpaired) electrons. The zero-order valence-electron chi connectivity index (χ0n) is 11.1. The van der Waals surface area contributed by atoms with Gasteiger partial charge in [-0.2, -0.15) is 0 Å². The van der Waals surface area contributed by atoms with Crippen LogP contribution in [-0.2, 0) is 22.2 Å². The van der Waals surface area contributed by atoms with E-state index in [4.69, 9.17) is 0 Å². The average molecular weight is 288 g/mol. The number of nitrogens with one attached hydrogen (secondary N) is 1. The Kier molecular flexibility index (Phi) is 12.2. The molecule has 1 N–H and O–H groups in total. The number of isocyanates is 1. The number of amides is 3. The summed E-state index contributed by atoms with van der Waals surface area (Å²) < 4.78 is 0. The zero-order chi connectivity index (χ0) is 14.3. The molecule has 0 aliphatic rings. The maximum absolute atomic E-state index is 11.6. The Balaban J connectivity index is 3.55. The summed E-state index contributed by atoms with van der Waals surface area (Å²) in [5.74, 6) is 0.751. The van der Waals surface area contributed by atoms with E-state index in [9.17, 15) is 14.4 Å². The molecule has 0 aliphatic carbocycles. The number of nitrogens with zero attached hydrogens (tertiary/aromatic N) is 2. The summed E-state index contributed by atoms with van der Waals surface area (Å²) in [5, 5.41) is 2.70.